The van der Waals surface area contributed by atoms with Crippen molar-refractivity contribution >= 4 is 47.2 Å². The second kappa shape index (κ2) is 12.3. The number of carbonyl (C=O) groups excluding carboxylic acids is 2. The van der Waals surface area contributed by atoms with Gasteiger partial charge < -0.3 is 30.0 Å². The van der Waals surface area contributed by atoms with Crippen molar-refractivity contribution in [2.45, 2.75) is 43.9 Å². The summed E-state index contributed by atoms with van der Waals surface area (Å²) in [6.45, 7) is 1.79. The molecule has 1 fully saturated rings. The van der Waals surface area contributed by atoms with Crippen LogP contribution in [0.4, 0.5) is 0 Å². The molecule has 0 aliphatic heterocycles. The van der Waals surface area contributed by atoms with Crippen molar-refractivity contribution in [3.8, 4) is 0 Å². The monoisotopic (exact) mass is 474 g/mol. The van der Waals surface area contributed by atoms with Crippen LogP contribution in [0, 0.1) is 6.92 Å². The van der Waals surface area contributed by atoms with Gasteiger partial charge >= 0.3 is 22.7 Å². The molecule has 0 unspecified atom stereocenters. The maximum Gasteiger partial charge on any atom is 3.00 e. The van der Waals surface area contributed by atoms with Gasteiger partial charge in [-0.05, 0) is 19.1 Å². The zero-order chi connectivity index (χ0) is 19.7. The Labute approximate surface area is 181 Å². The van der Waals surface area contributed by atoms with Crippen molar-refractivity contribution in [3.05, 3.63) is 39.6 Å². The van der Waals surface area contributed by atoms with Gasteiger partial charge in [0.15, 0.2) is 0 Å². The summed E-state index contributed by atoms with van der Waals surface area (Å²) in [5.74, 6) is -2.13. The Morgan fingerprint density at radius 1 is 0.963 bits per heavy atom. The van der Waals surface area contributed by atoms with E-state index in [-0.39, 0.29) is 21.7 Å². The first-order chi connectivity index (χ1) is 12.2. The first kappa shape index (κ1) is 25.8. The maximum absolute atomic E-state index is 12.0. The third-order valence-electron chi connectivity index (χ3n) is 3.59. The van der Waals surface area contributed by atoms with Crippen LogP contribution in [0.2, 0.25) is 0 Å². The predicted molar refractivity (Wildman–Crippen MR) is 103 cm³/mol. The van der Waals surface area contributed by atoms with E-state index in [4.69, 9.17) is 0 Å². The van der Waals surface area contributed by atoms with Crippen LogP contribution >= 0.6 is 0 Å². The average Bonchev–Trinajstić information content (AvgIpc) is 3.19. The number of aryl methyl sites for hydroxylation is 1. The second-order valence-electron chi connectivity index (χ2n) is 5.67. The minimum Gasteiger partial charge on any atom is -0.776 e. The van der Waals surface area contributed by atoms with Crippen LogP contribution in [0.5, 0.6) is 0 Å². The minimum atomic E-state index is -4.09. The molecular weight excluding hydrogens is 453 g/mol. The van der Waals surface area contributed by atoms with Gasteiger partial charge in [0, 0.05) is 0 Å². The van der Waals surface area contributed by atoms with Gasteiger partial charge in [-0.15, -0.1) is 9.81 Å². The molecule has 1 aliphatic carbocycles. The minimum absolute atomic E-state index is 0. The molecule has 1 aliphatic rings. The van der Waals surface area contributed by atoms with Crippen molar-refractivity contribution in [2.24, 2.45) is 0 Å². The van der Waals surface area contributed by atoms with Gasteiger partial charge in [0.1, 0.15) is 0 Å². The van der Waals surface area contributed by atoms with Crippen molar-refractivity contribution in [1.82, 2.24) is 4.72 Å². The molecule has 1 amide bonds. The smallest absolute Gasteiger partial charge is 0.776 e. The number of rotatable bonds is 4. The van der Waals surface area contributed by atoms with Crippen molar-refractivity contribution in [2.75, 3.05) is 7.11 Å². The van der Waals surface area contributed by atoms with E-state index in [1.165, 1.54) is 44.2 Å². The SMILES string of the molecule is C1CCCC1.COC(=O)/C([S-])=C(/[S-])C(=O)NS(=O)(=O)c1ccc(C)cc1.[Co+3]. The fraction of sp³-hybridized carbons (Fsp3) is 0.412. The molecule has 0 saturated heterocycles. The van der Waals surface area contributed by atoms with E-state index in [0.29, 0.717) is 0 Å². The molecule has 150 valence electrons. The predicted octanol–water partition coefficient (Wildman–Crippen LogP) is 2.23. The molecule has 0 bridgehead atoms. The topological polar surface area (TPSA) is 89.5 Å². The Morgan fingerprint density at radius 2 is 1.41 bits per heavy atom. The number of ether oxygens (including phenoxy) is 1. The Balaban J connectivity index is 0.000000969. The first-order valence-electron chi connectivity index (χ1n) is 7.99. The van der Waals surface area contributed by atoms with Gasteiger partial charge in [0.2, 0.25) is 5.91 Å². The van der Waals surface area contributed by atoms with Crippen LogP contribution < -0.4 is 4.72 Å². The first-order valence-corrected chi connectivity index (χ1v) is 10.3. The Hall–Kier alpha value is -1.20. The summed E-state index contributed by atoms with van der Waals surface area (Å²) >= 11 is 9.29. The molecule has 0 atom stereocenters. The number of hydrogen-bond acceptors (Lipinski definition) is 7. The standard InChI is InChI=1S/C12H13NO5S3.C5H10.Co/c1-7-3-5-8(6-4-7)21(16,17)13-11(14)9(19)10(20)12(15)18-2;1-2-4-5-3-1;/h3-6,19-20H,1-2H3,(H,13,14);1-5H2;/q;;+3/p-2/b10-9-;;. The molecule has 1 N–H and O–H groups in total. The summed E-state index contributed by atoms with van der Waals surface area (Å²) in [4.78, 5) is 21.6. The van der Waals surface area contributed by atoms with Crippen molar-refractivity contribution in [1.29, 1.82) is 0 Å². The van der Waals surface area contributed by atoms with E-state index < -0.39 is 31.7 Å². The number of benzene rings is 1. The van der Waals surface area contributed by atoms with Gasteiger partial charge in [-0.3, -0.25) is 4.79 Å². The van der Waals surface area contributed by atoms with Crippen LogP contribution in [0.15, 0.2) is 39.0 Å². The van der Waals surface area contributed by atoms with Crippen LogP contribution in [-0.4, -0.2) is 27.4 Å². The summed E-state index contributed by atoms with van der Waals surface area (Å²) in [5.41, 5.74) is 0.864. The summed E-state index contributed by atoms with van der Waals surface area (Å²) in [6, 6.07) is 5.84. The Morgan fingerprint density at radius 3 is 1.81 bits per heavy atom. The molecular formula is C17H21CoNO5S3+. The number of carbonyl (C=O) groups is 2. The number of esters is 1. The Bertz CT molecular complexity index is 765. The van der Waals surface area contributed by atoms with Gasteiger partial charge in [0.05, 0.1) is 12.0 Å². The molecule has 27 heavy (non-hydrogen) atoms. The quantitative estimate of drug-likeness (QED) is 0.407. The van der Waals surface area contributed by atoms with E-state index in [9.17, 15) is 18.0 Å². The third kappa shape index (κ3) is 8.56. The molecule has 6 nitrogen and oxygen atoms in total. The molecule has 1 aromatic rings. The summed E-state index contributed by atoms with van der Waals surface area (Å²) in [6.07, 6.45) is 7.50. The molecule has 2 rings (SSSR count). The maximum atomic E-state index is 12.0. The third-order valence-corrected chi connectivity index (χ3v) is 5.83. The van der Waals surface area contributed by atoms with Crippen LogP contribution in [0.1, 0.15) is 37.7 Å². The zero-order valence-electron chi connectivity index (χ0n) is 14.9. The number of nitrogens with one attached hydrogen (secondary N) is 1. The van der Waals surface area contributed by atoms with E-state index >= 15 is 0 Å². The molecule has 1 aromatic carbocycles. The Kier molecular flexibility index (Phi) is 11.7. The summed E-state index contributed by atoms with van der Waals surface area (Å²) in [7, 11) is -3.02. The largest absolute Gasteiger partial charge is 3.00 e. The molecule has 1 saturated carbocycles. The van der Waals surface area contributed by atoms with Crippen molar-refractivity contribution in [3.63, 3.8) is 0 Å². The van der Waals surface area contributed by atoms with Crippen LogP contribution in [0.25, 0.3) is 0 Å². The number of methoxy groups -OCH3 is 1. The average molecular weight is 474 g/mol. The second-order valence-corrected chi connectivity index (χ2v) is 8.16. The van der Waals surface area contributed by atoms with E-state index in [2.05, 4.69) is 30.0 Å². The van der Waals surface area contributed by atoms with E-state index in [1.807, 2.05) is 0 Å². The zero-order valence-corrected chi connectivity index (χ0v) is 18.4. The molecule has 10 heteroatoms. The van der Waals surface area contributed by atoms with E-state index in [0.717, 1.165) is 12.7 Å². The van der Waals surface area contributed by atoms with Crippen molar-refractivity contribution < 1.29 is 39.5 Å². The molecule has 0 aromatic heterocycles. The summed E-state index contributed by atoms with van der Waals surface area (Å²) in [5, 5.41) is 0. The number of hydrogen-bond donors (Lipinski definition) is 1. The normalized spacial score (nSPS) is 14.0. The number of amides is 1. The number of sulfonamides is 1. The molecule has 0 spiro atoms. The van der Waals surface area contributed by atoms with E-state index in [1.54, 1.807) is 23.8 Å². The van der Waals surface area contributed by atoms with Gasteiger partial charge in [-0.2, -0.15) is 0 Å². The summed E-state index contributed by atoms with van der Waals surface area (Å²) < 4.78 is 30.0. The van der Waals surface area contributed by atoms with Crippen LogP contribution in [-0.2, 0) is 66.4 Å². The van der Waals surface area contributed by atoms with Gasteiger partial charge in [0.25, 0.3) is 10.0 Å². The van der Waals surface area contributed by atoms with Crippen LogP contribution in [0.3, 0.4) is 0 Å². The fourth-order valence-corrected chi connectivity index (χ4v) is 3.45. The van der Waals surface area contributed by atoms with Gasteiger partial charge in [-0.25, -0.2) is 17.9 Å². The molecule has 0 heterocycles. The fourth-order valence-electron chi connectivity index (χ4n) is 2.12. The van der Waals surface area contributed by atoms with Gasteiger partial charge in [-0.1, -0.05) is 49.8 Å². The molecule has 0 radical (unpaired) electrons.